The van der Waals surface area contributed by atoms with E-state index in [1.54, 1.807) is 24.3 Å². The molecule has 1 aromatic carbocycles. The molecule has 0 unspecified atom stereocenters. The van der Waals surface area contributed by atoms with Crippen LogP contribution in [0.3, 0.4) is 0 Å². The molecule has 0 spiro atoms. The number of piperidine rings is 2. The Morgan fingerprint density at radius 1 is 1.29 bits per heavy atom. The number of nitrogens with zero attached hydrogens (tertiary/aromatic N) is 2. The zero-order chi connectivity index (χ0) is 27.6. The summed E-state index contributed by atoms with van der Waals surface area (Å²) in [5.41, 5.74) is 0.615. The molecule has 6 atom stereocenters. The predicted molar refractivity (Wildman–Crippen MR) is 138 cm³/mol. The molecule has 3 aliphatic heterocycles. The summed E-state index contributed by atoms with van der Waals surface area (Å²) in [5, 5.41) is 18.6. The third kappa shape index (κ3) is 6.04. The number of fused-ring (bicyclic) bond motifs is 3. The van der Waals surface area contributed by atoms with E-state index in [1.807, 2.05) is 19.9 Å². The van der Waals surface area contributed by atoms with Gasteiger partial charge in [0.05, 0.1) is 12.0 Å². The quantitative estimate of drug-likeness (QED) is 0.434. The lowest BCUT2D eigenvalue weighted by Crippen LogP contribution is -2.70. The van der Waals surface area contributed by atoms with Gasteiger partial charge in [0.25, 0.3) is 5.92 Å². The minimum absolute atomic E-state index is 0.0888. The number of hydrogen-bond donors (Lipinski definition) is 3. The van der Waals surface area contributed by atoms with Crippen molar-refractivity contribution in [3.63, 3.8) is 0 Å². The average molecular weight is 550 g/mol. The summed E-state index contributed by atoms with van der Waals surface area (Å²) < 4.78 is 30.2. The van der Waals surface area contributed by atoms with Gasteiger partial charge < -0.3 is 20.9 Å². The van der Waals surface area contributed by atoms with Gasteiger partial charge in [0.15, 0.2) is 0 Å². The number of hydrogen-bond acceptors (Lipinski definition) is 5. The number of nitriles is 1. The van der Waals surface area contributed by atoms with Crippen molar-refractivity contribution < 1.29 is 23.2 Å². The maximum atomic E-state index is 15.1. The molecule has 4 fully saturated rings. The van der Waals surface area contributed by atoms with Crippen molar-refractivity contribution in [2.45, 2.75) is 82.5 Å². The van der Waals surface area contributed by atoms with Gasteiger partial charge in [-0.3, -0.25) is 14.4 Å². The molecule has 3 saturated heterocycles. The zero-order valence-corrected chi connectivity index (χ0v) is 22.3. The summed E-state index contributed by atoms with van der Waals surface area (Å²) in [6.07, 6.45) is 1.04. The van der Waals surface area contributed by atoms with E-state index in [-0.39, 0.29) is 24.7 Å². The summed E-state index contributed by atoms with van der Waals surface area (Å²) >= 11 is 6.12. The molecule has 206 valence electrons. The van der Waals surface area contributed by atoms with E-state index in [2.05, 4.69) is 16.0 Å². The number of rotatable bonds is 9. The first-order chi connectivity index (χ1) is 18.0. The molecule has 8 nitrogen and oxygen atoms in total. The number of anilines is 1. The Hall–Kier alpha value is -2.93. The van der Waals surface area contributed by atoms with E-state index < -0.39 is 60.2 Å². The van der Waals surface area contributed by atoms with Crippen LogP contribution in [0.25, 0.3) is 0 Å². The highest BCUT2D eigenvalue weighted by atomic mass is 35.5. The molecule has 1 saturated carbocycles. The van der Waals surface area contributed by atoms with Crippen molar-refractivity contribution in [3.8, 4) is 6.07 Å². The van der Waals surface area contributed by atoms with Gasteiger partial charge >= 0.3 is 0 Å². The molecule has 1 aromatic rings. The fourth-order valence-electron chi connectivity index (χ4n) is 6.03. The SMILES string of the molecule is CC(C)C[C@@H](Nc1cccc(Cl)c1)C(=O)N1[C@@H]2CC[C@H]([C@@H]1C(=O)N[C@@H](C#N)C[C@H]1CCNC1=O)C(F)(F)C2. The fourth-order valence-corrected chi connectivity index (χ4v) is 6.22. The number of carbonyl (C=O) groups excluding carboxylic acids is 3. The van der Waals surface area contributed by atoms with Gasteiger partial charge in [0, 0.05) is 35.6 Å². The Labute approximate surface area is 226 Å². The van der Waals surface area contributed by atoms with Crippen LogP contribution in [0, 0.1) is 29.1 Å². The largest absolute Gasteiger partial charge is 0.374 e. The highest BCUT2D eigenvalue weighted by Crippen LogP contribution is 2.49. The molecule has 0 aromatic heterocycles. The first-order valence-corrected chi connectivity index (χ1v) is 13.6. The van der Waals surface area contributed by atoms with Gasteiger partial charge in [0.2, 0.25) is 17.7 Å². The first kappa shape index (κ1) is 28.1. The summed E-state index contributed by atoms with van der Waals surface area (Å²) in [6.45, 7) is 4.40. The minimum Gasteiger partial charge on any atom is -0.374 e. The number of halogens is 3. The molecule has 3 amide bonds. The molecule has 11 heteroatoms. The maximum absolute atomic E-state index is 15.1. The van der Waals surface area contributed by atoms with Gasteiger partial charge in [-0.1, -0.05) is 31.5 Å². The molecule has 3 N–H and O–H groups in total. The molecule has 5 rings (SSSR count). The number of benzene rings is 1. The second-order valence-electron chi connectivity index (χ2n) is 11.0. The van der Waals surface area contributed by atoms with Crippen molar-refractivity contribution in [2.75, 3.05) is 11.9 Å². The predicted octanol–water partition coefficient (Wildman–Crippen LogP) is 3.72. The van der Waals surface area contributed by atoms with E-state index in [1.165, 1.54) is 4.90 Å². The lowest BCUT2D eigenvalue weighted by Gasteiger charge is -2.54. The van der Waals surface area contributed by atoms with Crippen molar-refractivity contribution >= 4 is 35.0 Å². The van der Waals surface area contributed by atoms with E-state index in [4.69, 9.17) is 11.6 Å². The molecule has 0 radical (unpaired) electrons. The monoisotopic (exact) mass is 549 g/mol. The summed E-state index contributed by atoms with van der Waals surface area (Å²) in [6, 6.07) is 4.89. The standard InChI is InChI=1S/C27H34ClF2N5O3/c1-15(2)10-22(33-18-5-3-4-17(28)12-18)26(38)35-20-6-7-21(27(29,30)13-20)23(35)25(37)34-19(14-31)11-16-8-9-32-24(16)36/h3-5,12,15-16,19-23,33H,6-11,13H2,1-2H3,(H,32,36)(H,34,37)/t16-,19-,20-,21-,22-,23-/m1/s1. The summed E-state index contributed by atoms with van der Waals surface area (Å²) in [7, 11) is 0. The Bertz CT molecular complexity index is 1110. The third-order valence-electron chi connectivity index (χ3n) is 7.78. The lowest BCUT2D eigenvalue weighted by atomic mass is 9.71. The molecule has 1 aliphatic carbocycles. The van der Waals surface area contributed by atoms with Crippen LogP contribution in [0.4, 0.5) is 14.5 Å². The van der Waals surface area contributed by atoms with Gasteiger partial charge in [-0.05, 0) is 56.2 Å². The number of nitrogens with one attached hydrogen (secondary N) is 3. The summed E-state index contributed by atoms with van der Waals surface area (Å²) in [4.78, 5) is 40.9. The van der Waals surface area contributed by atoms with Crippen LogP contribution in [0.5, 0.6) is 0 Å². The Morgan fingerprint density at radius 2 is 2.05 bits per heavy atom. The van der Waals surface area contributed by atoms with Crippen LogP contribution in [0.2, 0.25) is 5.02 Å². The highest BCUT2D eigenvalue weighted by molar-refractivity contribution is 6.30. The highest BCUT2D eigenvalue weighted by Gasteiger charge is 2.61. The van der Waals surface area contributed by atoms with Gasteiger partial charge in [-0.25, -0.2) is 8.78 Å². The van der Waals surface area contributed by atoms with Gasteiger partial charge in [0.1, 0.15) is 18.1 Å². The van der Waals surface area contributed by atoms with Gasteiger partial charge in [-0.15, -0.1) is 0 Å². The molecular formula is C27H34ClF2N5O3. The van der Waals surface area contributed by atoms with Crippen molar-refractivity contribution in [2.24, 2.45) is 17.8 Å². The van der Waals surface area contributed by atoms with Crippen LogP contribution in [-0.4, -0.2) is 59.3 Å². The van der Waals surface area contributed by atoms with Crippen LogP contribution in [-0.2, 0) is 14.4 Å². The molecule has 2 bridgehead atoms. The Balaban J connectivity index is 1.59. The smallest absolute Gasteiger partial charge is 0.255 e. The molecule has 4 aliphatic rings. The average Bonchev–Trinajstić information content (AvgIpc) is 3.25. The number of alkyl halides is 2. The van der Waals surface area contributed by atoms with Crippen molar-refractivity contribution in [3.05, 3.63) is 29.3 Å². The van der Waals surface area contributed by atoms with Gasteiger partial charge in [-0.2, -0.15) is 5.26 Å². The number of amides is 3. The van der Waals surface area contributed by atoms with Crippen molar-refractivity contribution in [1.29, 1.82) is 5.26 Å². The van der Waals surface area contributed by atoms with Crippen LogP contribution >= 0.6 is 11.6 Å². The van der Waals surface area contributed by atoms with Crippen LogP contribution < -0.4 is 16.0 Å². The number of carbonyl (C=O) groups is 3. The zero-order valence-electron chi connectivity index (χ0n) is 21.6. The molecular weight excluding hydrogens is 516 g/mol. The second-order valence-corrected chi connectivity index (χ2v) is 11.5. The normalized spacial score (nSPS) is 27.4. The van der Waals surface area contributed by atoms with Crippen LogP contribution in [0.1, 0.15) is 52.4 Å². The van der Waals surface area contributed by atoms with E-state index in [0.717, 1.165) is 0 Å². The molecule has 38 heavy (non-hydrogen) atoms. The fraction of sp³-hybridized carbons (Fsp3) is 0.630. The Morgan fingerprint density at radius 3 is 2.66 bits per heavy atom. The third-order valence-corrected chi connectivity index (χ3v) is 8.02. The van der Waals surface area contributed by atoms with E-state index in [0.29, 0.717) is 36.5 Å². The van der Waals surface area contributed by atoms with E-state index >= 15 is 8.78 Å². The molecule has 3 heterocycles. The van der Waals surface area contributed by atoms with Crippen molar-refractivity contribution in [1.82, 2.24) is 15.5 Å². The topological polar surface area (TPSA) is 114 Å². The Kier molecular flexibility index (Phi) is 8.46. The lowest BCUT2D eigenvalue weighted by molar-refractivity contribution is -0.194. The first-order valence-electron chi connectivity index (χ1n) is 13.2. The second kappa shape index (κ2) is 11.4. The maximum Gasteiger partial charge on any atom is 0.255 e. The summed E-state index contributed by atoms with van der Waals surface area (Å²) in [5.74, 6) is -6.18. The van der Waals surface area contributed by atoms with Crippen LogP contribution in [0.15, 0.2) is 24.3 Å². The van der Waals surface area contributed by atoms with E-state index in [9.17, 15) is 19.6 Å². The minimum atomic E-state index is -3.11.